The van der Waals surface area contributed by atoms with Crippen LogP contribution in [0.3, 0.4) is 0 Å². The van der Waals surface area contributed by atoms with Crippen molar-refractivity contribution in [3.8, 4) is 0 Å². The Morgan fingerprint density at radius 1 is 0.594 bits per heavy atom. The van der Waals surface area contributed by atoms with Gasteiger partial charge in [-0.2, -0.15) is 0 Å². The molecule has 0 aromatic heterocycles. The predicted octanol–water partition coefficient (Wildman–Crippen LogP) is 2.49. The van der Waals surface area contributed by atoms with Gasteiger partial charge in [-0.25, -0.2) is 0 Å². The molecule has 1 aliphatic carbocycles. The van der Waals surface area contributed by atoms with E-state index in [-0.39, 0.29) is 23.7 Å². The van der Waals surface area contributed by atoms with E-state index >= 15 is 0 Å². The second-order valence-corrected chi connectivity index (χ2v) is 8.83. The Labute approximate surface area is 189 Å². The molecule has 2 amide bonds. The first-order chi connectivity index (χ1) is 15.6. The minimum Gasteiger partial charge on any atom is -0.368 e. The first kappa shape index (κ1) is 20.6. The number of hydrogen-bond acceptors (Lipinski definition) is 4. The highest BCUT2D eigenvalue weighted by Crippen LogP contribution is 2.47. The van der Waals surface area contributed by atoms with Crippen molar-refractivity contribution in [3.63, 3.8) is 0 Å². The van der Waals surface area contributed by atoms with Crippen LogP contribution in [0.2, 0.25) is 0 Å². The third-order valence-electron chi connectivity index (χ3n) is 6.98. The maximum atomic E-state index is 13.1. The lowest BCUT2D eigenvalue weighted by Gasteiger charge is -2.37. The van der Waals surface area contributed by atoms with E-state index in [1.54, 1.807) is 0 Å². The van der Waals surface area contributed by atoms with Crippen molar-refractivity contribution in [2.45, 2.75) is 0 Å². The van der Waals surface area contributed by atoms with Crippen LogP contribution in [-0.4, -0.2) is 74.0 Å². The van der Waals surface area contributed by atoms with Crippen molar-refractivity contribution >= 4 is 23.2 Å². The lowest BCUT2D eigenvalue weighted by Crippen LogP contribution is -2.50. The molecule has 166 valence electrons. The van der Waals surface area contributed by atoms with E-state index in [0.717, 1.165) is 31.8 Å². The SMILES string of the molecule is C=C1[C@H](C(=O)N2CCN(c3ccccc3)CC2)[C@H]1C(=O)N1CCN(c2ccccc2)CC1. The van der Waals surface area contributed by atoms with Crippen LogP contribution >= 0.6 is 0 Å². The molecule has 2 aromatic carbocycles. The van der Waals surface area contributed by atoms with Gasteiger partial charge >= 0.3 is 0 Å². The molecule has 6 nitrogen and oxygen atoms in total. The van der Waals surface area contributed by atoms with Crippen LogP contribution in [0.5, 0.6) is 0 Å². The van der Waals surface area contributed by atoms with E-state index < -0.39 is 0 Å². The largest absolute Gasteiger partial charge is 0.368 e. The third-order valence-corrected chi connectivity index (χ3v) is 6.98. The first-order valence-corrected chi connectivity index (χ1v) is 11.5. The molecular formula is C26H30N4O2. The van der Waals surface area contributed by atoms with E-state index in [2.05, 4.69) is 40.6 Å². The zero-order valence-corrected chi connectivity index (χ0v) is 18.4. The van der Waals surface area contributed by atoms with Gasteiger partial charge in [0.2, 0.25) is 11.8 Å². The summed E-state index contributed by atoms with van der Waals surface area (Å²) in [7, 11) is 0. The highest BCUT2D eigenvalue weighted by molar-refractivity contribution is 5.99. The van der Waals surface area contributed by atoms with Gasteiger partial charge in [0.1, 0.15) is 0 Å². The lowest BCUT2D eigenvalue weighted by molar-refractivity contribution is -0.138. The van der Waals surface area contributed by atoms with Crippen molar-refractivity contribution in [1.29, 1.82) is 0 Å². The number of amides is 2. The number of nitrogens with zero attached hydrogens (tertiary/aromatic N) is 4. The highest BCUT2D eigenvalue weighted by atomic mass is 16.2. The summed E-state index contributed by atoms with van der Waals surface area (Å²) in [6.45, 7) is 10.1. The van der Waals surface area contributed by atoms with Gasteiger partial charge in [0, 0.05) is 63.7 Å². The monoisotopic (exact) mass is 430 g/mol. The number of carbonyl (C=O) groups is 2. The Kier molecular flexibility index (Phi) is 5.60. The molecule has 3 aliphatic rings. The zero-order chi connectivity index (χ0) is 22.1. The van der Waals surface area contributed by atoms with Crippen LogP contribution in [0.25, 0.3) is 0 Å². The van der Waals surface area contributed by atoms with Gasteiger partial charge < -0.3 is 19.6 Å². The number of anilines is 2. The number of hydrogen-bond donors (Lipinski definition) is 0. The molecule has 3 fully saturated rings. The second kappa shape index (κ2) is 8.69. The number of benzene rings is 2. The van der Waals surface area contributed by atoms with Crippen LogP contribution < -0.4 is 9.80 Å². The van der Waals surface area contributed by atoms with E-state index in [1.807, 2.05) is 46.2 Å². The molecule has 1 saturated carbocycles. The highest BCUT2D eigenvalue weighted by Gasteiger charge is 2.55. The summed E-state index contributed by atoms with van der Waals surface area (Å²) in [6, 6.07) is 20.6. The molecule has 2 atom stereocenters. The maximum absolute atomic E-state index is 13.1. The summed E-state index contributed by atoms with van der Waals surface area (Å²) in [4.78, 5) is 34.7. The zero-order valence-electron chi connectivity index (χ0n) is 18.4. The van der Waals surface area contributed by atoms with Gasteiger partial charge in [-0.05, 0) is 24.3 Å². The van der Waals surface area contributed by atoms with Gasteiger partial charge in [0.25, 0.3) is 0 Å². The van der Waals surface area contributed by atoms with Gasteiger partial charge in [-0.3, -0.25) is 9.59 Å². The quantitative estimate of drug-likeness (QED) is 0.700. The van der Waals surface area contributed by atoms with Crippen molar-refractivity contribution in [2.24, 2.45) is 11.8 Å². The fraction of sp³-hybridized carbons (Fsp3) is 0.385. The Balaban J connectivity index is 1.13. The molecule has 32 heavy (non-hydrogen) atoms. The summed E-state index contributed by atoms with van der Waals surface area (Å²) < 4.78 is 0. The molecule has 6 heteroatoms. The minimum atomic E-state index is -0.335. The van der Waals surface area contributed by atoms with Gasteiger partial charge in [-0.1, -0.05) is 48.6 Å². The van der Waals surface area contributed by atoms with Crippen LogP contribution in [-0.2, 0) is 9.59 Å². The van der Waals surface area contributed by atoms with Crippen molar-refractivity contribution in [3.05, 3.63) is 72.8 Å². The van der Waals surface area contributed by atoms with Crippen molar-refractivity contribution in [2.75, 3.05) is 62.2 Å². The first-order valence-electron chi connectivity index (χ1n) is 11.5. The fourth-order valence-electron chi connectivity index (χ4n) is 4.96. The third kappa shape index (κ3) is 3.97. The average molecular weight is 431 g/mol. The van der Waals surface area contributed by atoms with Crippen LogP contribution in [0.4, 0.5) is 11.4 Å². The van der Waals surface area contributed by atoms with E-state index in [1.165, 1.54) is 11.4 Å². The Bertz CT molecular complexity index is 898. The topological polar surface area (TPSA) is 47.1 Å². The number of carbonyl (C=O) groups excluding carboxylic acids is 2. The molecular weight excluding hydrogens is 400 g/mol. The molecule has 0 spiro atoms. The second-order valence-electron chi connectivity index (χ2n) is 8.83. The Morgan fingerprint density at radius 3 is 1.28 bits per heavy atom. The Hall–Kier alpha value is -3.28. The van der Waals surface area contributed by atoms with Gasteiger partial charge in [0.15, 0.2) is 0 Å². The summed E-state index contributed by atoms with van der Waals surface area (Å²) in [5, 5.41) is 0. The number of piperazine rings is 2. The van der Waals surface area contributed by atoms with Crippen molar-refractivity contribution in [1.82, 2.24) is 9.80 Å². The minimum absolute atomic E-state index is 0.0731. The number of rotatable bonds is 4. The maximum Gasteiger partial charge on any atom is 0.231 e. The van der Waals surface area contributed by atoms with Crippen LogP contribution in [0, 0.1) is 11.8 Å². The van der Waals surface area contributed by atoms with Crippen LogP contribution in [0.1, 0.15) is 0 Å². The van der Waals surface area contributed by atoms with E-state index in [0.29, 0.717) is 26.2 Å². The molecule has 0 bridgehead atoms. The smallest absolute Gasteiger partial charge is 0.231 e. The van der Waals surface area contributed by atoms with Crippen molar-refractivity contribution < 1.29 is 9.59 Å². The molecule has 2 aromatic rings. The predicted molar refractivity (Wildman–Crippen MR) is 127 cm³/mol. The normalized spacial score (nSPS) is 23.3. The molecule has 0 unspecified atom stereocenters. The molecule has 0 radical (unpaired) electrons. The lowest BCUT2D eigenvalue weighted by atomic mass is 10.2. The molecule has 5 rings (SSSR count). The van der Waals surface area contributed by atoms with Gasteiger partial charge in [-0.15, -0.1) is 0 Å². The summed E-state index contributed by atoms with van der Waals surface area (Å²) >= 11 is 0. The fourth-order valence-corrected chi connectivity index (χ4v) is 4.96. The average Bonchev–Trinajstić information content (AvgIpc) is 3.55. The van der Waals surface area contributed by atoms with Crippen LogP contribution in [0.15, 0.2) is 72.8 Å². The summed E-state index contributed by atoms with van der Waals surface area (Å²) in [5.74, 6) is -0.524. The van der Waals surface area contributed by atoms with E-state index in [9.17, 15) is 9.59 Å². The molecule has 0 N–H and O–H groups in total. The van der Waals surface area contributed by atoms with Gasteiger partial charge in [0.05, 0.1) is 11.8 Å². The molecule has 2 aliphatic heterocycles. The molecule has 2 heterocycles. The summed E-state index contributed by atoms with van der Waals surface area (Å²) in [5.41, 5.74) is 3.17. The Morgan fingerprint density at radius 2 is 0.938 bits per heavy atom. The van der Waals surface area contributed by atoms with E-state index in [4.69, 9.17) is 0 Å². The number of para-hydroxylation sites is 2. The molecule has 2 saturated heterocycles. The summed E-state index contributed by atoms with van der Waals surface area (Å²) in [6.07, 6.45) is 0. The standard InChI is InChI=1S/C26H30N4O2/c1-20-23(25(31)29-16-12-27(13-17-29)21-8-4-2-5-9-21)24(20)26(32)30-18-14-28(15-19-30)22-10-6-3-7-11-22/h2-11,23-24H,1,12-19H2/t23-,24-/m0/s1.